The van der Waals surface area contributed by atoms with Crippen molar-refractivity contribution >= 4 is 17.5 Å². The molecule has 2 rings (SSSR count). The van der Waals surface area contributed by atoms with Crippen LogP contribution in [0.2, 0.25) is 5.15 Å². The van der Waals surface area contributed by atoms with Gasteiger partial charge in [0, 0.05) is 0 Å². The Balaban J connectivity index is 2.10. The average Bonchev–Trinajstić information content (AvgIpc) is 2.47. The van der Waals surface area contributed by atoms with Crippen molar-refractivity contribution in [3.05, 3.63) is 53.1 Å². The molecular formula is C14H14ClN3O2. The van der Waals surface area contributed by atoms with E-state index in [4.69, 9.17) is 16.3 Å². The van der Waals surface area contributed by atoms with Crippen LogP contribution in [0.4, 0.5) is 0 Å². The molecule has 104 valence electrons. The van der Waals surface area contributed by atoms with Crippen LogP contribution in [0.3, 0.4) is 0 Å². The average molecular weight is 292 g/mol. The highest BCUT2D eigenvalue weighted by molar-refractivity contribution is 6.29. The summed E-state index contributed by atoms with van der Waals surface area (Å²) in [5.74, 6) is 0.418. The van der Waals surface area contributed by atoms with E-state index in [1.54, 1.807) is 7.11 Å². The summed E-state index contributed by atoms with van der Waals surface area (Å²) in [5.41, 5.74) is 1.12. The Kier molecular flexibility index (Phi) is 4.53. The lowest BCUT2D eigenvalue weighted by molar-refractivity contribution is 0.0934. The number of halogens is 1. The fourth-order valence-electron chi connectivity index (χ4n) is 1.72. The first-order valence-electron chi connectivity index (χ1n) is 6.02. The molecule has 1 aromatic heterocycles. The van der Waals surface area contributed by atoms with E-state index in [9.17, 15) is 4.79 Å². The third-order valence-corrected chi connectivity index (χ3v) is 2.96. The number of ether oxygens (including phenoxy) is 1. The topological polar surface area (TPSA) is 64.1 Å². The van der Waals surface area contributed by atoms with Crippen LogP contribution >= 0.6 is 11.6 Å². The van der Waals surface area contributed by atoms with Crippen molar-refractivity contribution in [2.24, 2.45) is 0 Å². The largest absolute Gasteiger partial charge is 0.497 e. The summed E-state index contributed by atoms with van der Waals surface area (Å²) in [4.78, 5) is 19.8. The van der Waals surface area contributed by atoms with Crippen molar-refractivity contribution in [2.45, 2.75) is 13.0 Å². The van der Waals surface area contributed by atoms with Gasteiger partial charge in [0.2, 0.25) is 0 Å². The summed E-state index contributed by atoms with van der Waals surface area (Å²) in [6.07, 6.45) is 2.75. The van der Waals surface area contributed by atoms with E-state index in [-0.39, 0.29) is 22.8 Å². The van der Waals surface area contributed by atoms with E-state index in [0.29, 0.717) is 0 Å². The maximum absolute atomic E-state index is 12.0. The Labute approximate surface area is 122 Å². The maximum Gasteiger partial charge on any atom is 0.272 e. The Bertz CT molecular complexity index is 619. The van der Waals surface area contributed by atoms with Gasteiger partial charge in [-0.2, -0.15) is 0 Å². The maximum atomic E-state index is 12.0. The van der Waals surface area contributed by atoms with E-state index < -0.39 is 0 Å². The quantitative estimate of drug-likeness (QED) is 0.940. The minimum Gasteiger partial charge on any atom is -0.497 e. The Morgan fingerprint density at radius 1 is 1.40 bits per heavy atom. The molecule has 2 aromatic rings. The van der Waals surface area contributed by atoms with Gasteiger partial charge in [0.05, 0.1) is 25.5 Å². The highest BCUT2D eigenvalue weighted by Crippen LogP contribution is 2.19. The number of amides is 1. The highest BCUT2D eigenvalue weighted by Gasteiger charge is 2.13. The molecule has 1 aromatic carbocycles. The van der Waals surface area contributed by atoms with Gasteiger partial charge in [0.25, 0.3) is 5.91 Å². The molecule has 20 heavy (non-hydrogen) atoms. The van der Waals surface area contributed by atoms with Gasteiger partial charge in [0.1, 0.15) is 16.6 Å². The molecule has 1 amide bonds. The molecule has 0 aliphatic carbocycles. The van der Waals surface area contributed by atoms with Gasteiger partial charge in [-0.3, -0.25) is 9.78 Å². The highest BCUT2D eigenvalue weighted by atomic mass is 35.5. The Morgan fingerprint density at radius 3 is 2.90 bits per heavy atom. The molecule has 1 unspecified atom stereocenters. The lowest BCUT2D eigenvalue weighted by atomic mass is 10.1. The van der Waals surface area contributed by atoms with Gasteiger partial charge >= 0.3 is 0 Å². The van der Waals surface area contributed by atoms with Crippen molar-refractivity contribution in [3.63, 3.8) is 0 Å². The van der Waals surface area contributed by atoms with Crippen molar-refractivity contribution in [1.29, 1.82) is 0 Å². The predicted octanol–water partition coefficient (Wildman–Crippen LogP) is 2.63. The summed E-state index contributed by atoms with van der Waals surface area (Å²) < 4.78 is 5.16. The summed E-state index contributed by atoms with van der Waals surface area (Å²) >= 11 is 5.71. The molecule has 0 radical (unpaired) electrons. The van der Waals surface area contributed by atoms with Gasteiger partial charge in [-0.15, -0.1) is 0 Å². The lowest BCUT2D eigenvalue weighted by Gasteiger charge is -2.14. The molecule has 0 spiro atoms. The van der Waals surface area contributed by atoms with Gasteiger partial charge in [0.15, 0.2) is 0 Å². The first-order valence-corrected chi connectivity index (χ1v) is 6.40. The number of hydrogen-bond acceptors (Lipinski definition) is 4. The zero-order valence-corrected chi connectivity index (χ0v) is 11.9. The van der Waals surface area contributed by atoms with Crippen LogP contribution in [0.15, 0.2) is 36.7 Å². The smallest absolute Gasteiger partial charge is 0.272 e. The monoisotopic (exact) mass is 291 g/mol. The van der Waals surface area contributed by atoms with E-state index in [2.05, 4.69) is 15.3 Å². The van der Waals surface area contributed by atoms with Crippen molar-refractivity contribution in [1.82, 2.24) is 15.3 Å². The summed E-state index contributed by atoms with van der Waals surface area (Å²) in [5, 5.41) is 3.02. The van der Waals surface area contributed by atoms with E-state index >= 15 is 0 Å². The summed E-state index contributed by atoms with van der Waals surface area (Å²) in [6.45, 7) is 1.88. The van der Waals surface area contributed by atoms with Gasteiger partial charge < -0.3 is 10.1 Å². The number of methoxy groups -OCH3 is 1. The second-order valence-electron chi connectivity index (χ2n) is 4.20. The van der Waals surface area contributed by atoms with E-state index in [0.717, 1.165) is 11.3 Å². The Morgan fingerprint density at radius 2 is 2.20 bits per heavy atom. The molecule has 0 fully saturated rings. The van der Waals surface area contributed by atoms with Crippen LogP contribution in [0.1, 0.15) is 29.0 Å². The number of nitrogens with zero attached hydrogens (tertiary/aromatic N) is 2. The number of carbonyl (C=O) groups excluding carboxylic acids is 1. The third-order valence-electron chi connectivity index (χ3n) is 2.78. The number of benzene rings is 1. The van der Waals surface area contributed by atoms with Crippen LogP contribution < -0.4 is 10.1 Å². The third kappa shape index (κ3) is 3.45. The fraction of sp³-hybridized carbons (Fsp3) is 0.214. The van der Waals surface area contributed by atoms with Crippen molar-refractivity contribution in [2.75, 3.05) is 7.11 Å². The molecule has 0 saturated carbocycles. The molecule has 0 aliphatic rings. The van der Waals surface area contributed by atoms with Crippen LogP contribution in [0, 0.1) is 0 Å². The second kappa shape index (κ2) is 6.34. The molecule has 0 saturated heterocycles. The minimum atomic E-state index is -0.324. The lowest BCUT2D eigenvalue weighted by Crippen LogP contribution is -2.27. The van der Waals surface area contributed by atoms with Crippen LogP contribution in [-0.4, -0.2) is 23.0 Å². The first-order chi connectivity index (χ1) is 9.60. The molecule has 0 aliphatic heterocycles. The SMILES string of the molecule is COc1cccc(C(C)NC(=O)c2cncc(Cl)n2)c1. The van der Waals surface area contributed by atoms with Crippen LogP contribution in [-0.2, 0) is 0 Å². The van der Waals surface area contributed by atoms with Crippen molar-refractivity contribution in [3.8, 4) is 5.75 Å². The normalized spacial score (nSPS) is 11.8. The molecule has 1 heterocycles. The van der Waals surface area contributed by atoms with Gasteiger partial charge in [-0.25, -0.2) is 4.98 Å². The molecule has 6 heteroatoms. The van der Waals surface area contributed by atoms with Crippen LogP contribution in [0.25, 0.3) is 0 Å². The molecular weight excluding hydrogens is 278 g/mol. The Hall–Kier alpha value is -2.14. The molecule has 5 nitrogen and oxygen atoms in total. The van der Waals surface area contributed by atoms with E-state index in [1.165, 1.54) is 12.4 Å². The predicted molar refractivity (Wildman–Crippen MR) is 75.9 cm³/mol. The fourth-order valence-corrected chi connectivity index (χ4v) is 1.86. The standard InChI is InChI=1S/C14H14ClN3O2/c1-9(10-4-3-5-11(6-10)20-2)17-14(19)12-7-16-8-13(15)18-12/h3-9H,1-2H3,(H,17,19). The number of carbonyl (C=O) groups is 1. The zero-order valence-electron chi connectivity index (χ0n) is 11.1. The molecule has 1 atom stereocenters. The van der Waals surface area contributed by atoms with Crippen LogP contribution in [0.5, 0.6) is 5.75 Å². The minimum absolute atomic E-state index is 0.182. The zero-order chi connectivity index (χ0) is 14.5. The summed E-state index contributed by atoms with van der Waals surface area (Å²) in [7, 11) is 1.60. The first kappa shape index (κ1) is 14.3. The molecule has 0 bridgehead atoms. The van der Waals surface area contributed by atoms with E-state index in [1.807, 2.05) is 31.2 Å². The molecule has 1 N–H and O–H groups in total. The van der Waals surface area contributed by atoms with Crippen molar-refractivity contribution < 1.29 is 9.53 Å². The number of hydrogen-bond donors (Lipinski definition) is 1. The van der Waals surface area contributed by atoms with Gasteiger partial charge in [-0.1, -0.05) is 23.7 Å². The second-order valence-corrected chi connectivity index (χ2v) is 4.59. The number of nitrogens with one attached hydrogen (secondary N) is 1. The number of rotatable bonds is 4. The number of aromatic nitrogens is 2. The summed E-state index contributed by atoms with van der Waals surface area (Å²) in [6, 6.07) is 7.32. The van der Waals surface area contributed by atoms with Gasteiger partial charge in [-0.05, 0) is 24.6 Å².